The number of rotatable bonds is 8. The van der Waals surface area contributed by atoms with Crippen molar-refractivity contribution in [1.82, 2.24) is 24.7 Å². The standard InChI is InChI=1S/C30H41N5O3/c1-21-29(22(2)32-20-31-21)30(37)35-17-25-15-33(16-26(25)18-35)12-11-27(23-7-5-4-6-8-23)24-9-13-34(14-10-24)28(36)19-38-3/h4-8,20,24-27H,9-19H2,1-3H3. The summed E-state index contributed by atoms with van der Waals surface area (Å²) in [5.74, 6) is 2.34. The number of hydrogen-bond acceptors (Lipinski definition) is 6. The molecule has 5 rings (SSSR count). The number of likely N-dealkylation sites (tertiary alicyclic amines) is 3. The molecule has 38 heavy (non-hydrogen) atoms. The molecule has 0 N–H and O–H groups in total. The molecule has 0 saturated carbocycles. The zero-order valence-electron chi connectivity index (χ0n) is 23.0. The van der Waals surface area contributed by atoms with Gasteiger partial charge in [0.05, 0.1) is 17.0 Å². The van der Waals surface area contributed by atoms with E-state index in [9.17, 15) is 9.59 Å². The molecule has 3 saturated heterocycles. The molecule has 0 aliphatic carbocycles. The zero-order valence-corrected chi connectivity index (χ0v) is 23.0. The number of methoxy groups -OCH3 is 1. The normalized spacial score (nSPS) is 23.0. The van der Waals surface area contributed by atoms with Crippen LogP contribution in [-0.2, 0) is 9.53 Å². The molecule has 4 heterocycles. The van der Waals surface area contributed by atoms with E-state index >= 15 is 0 Å². The van der Waals surface area contributed by atoms with Crippen LogP contribution in [0.15, 0.2) is 36.7 Å². The number of carbonyl (C=O) groups is 2. The number of ether oxygens (including phenoxy) is 1. The molecule has 2 aromatic rings. The van der Waals surface area contributed by atoms with E-state index in [1.165, 1.54) is 11.9 Å². The lowest BCUT2D eigenvalue weighted by Crippen LogP contribution is -2.41. The summed E-state index contributed by atoms with van der Waals surface area (Å²) >= 11 is 0. The van der Waals surface area contributed by atoms with Gasteiger partial charge in [-0.3, -0.25) is 9.59 Å². The second kappa shape index (κ2) is 11.9. The van der Waals surface area contributed by atoms with Crippen molar-refractivity contribution < 1.29 is 14.3 Å². The lowest BCUT2D eigenvalue weighted by Gasteiger charge is -2.37. The van der Waals surface area contributed by atoms with E-state index in [0.29, 0.717) is 29.2 Å². The topological polar surface area (TPSA) is 78.9 Å². The summed E-state index contributed by atoms with van der Waals surface area (Å²) in [6.45, 7) is 10.4. The fraction of sp³-hybridized carbons (Fsp3) is 0.600. The van der Waals surface area contributed by atoms with Crippen LogP contribution in [0.25, 0.3) is 0 Å². The molecule has 0 bridgehead atoms. The number of aromatic nitrogens is 2. The predicted molar refractivity (Wildman–Crippen MR) is 146 cm³/mol. The van der Waals surface area contributed by atoms with E-state index in [1.807, 2.05) is 23.6 Å². The first-order chi connectivity index (χ1) is 18.4. The molecule has 8 nitrogen and oxygen atoms in total. The minimum atomic E-state index is 0.0843. The highest BCUT2D eigenvalue weighted by Crippen LogP contribution is 2.37. The first-order valence-electron chi connectivity index (χ1n) is 14.1. The van der Waals surface area contributed by atoms with E-state index in [4.69, 9.17) is 4.74 Å². The van der Waals surface area contributed by atoms with Gasteiger partial charge in [0.25, 0.3) is 5.91 Å². The van der Waals surface area contributed by atoms with Crippen molar-refractivity contribution in [3.8, 4) is 0 Å². The molecule has 3 atom stereocenters. The third-order valence-electron chi connectivity index (χ3n) is 9.00. The van der Waals surface area contributed by atoms with Gasteiger partial charge < -0.3 is 19.4 Å². The highest BCUT2D eigenvalue weighted by Gasteiger charge is 2.42. The highest BCUT2D eigenvalue weighted by atomic mass is 16.5. The Hall–Kier alpha value is -2.84. The average Bonchev–Trinajstić information content (AvgIpc) is 3.49. The molecule has 204 valence electrons. The van der Waals surface area contributed by atoms with Crippen LogP contribution in [-0.4, -0.2) is 96.0 Å². The lowest BCUT2D eigenvalue weighted by atomic mass is 9.78. The Morgan fingerprint density at radius 3 is 2.18 bits per heavy atom. The lowest BCUT2D eigenvalue weighted by molar-refractivity contribution is -0.136. The van der Waals surface area contributed by atoms with Gasteiger partial charge in [-0.2, -0.15) is 0 Å². The average molecular weight is 520 g/mol. The first kappa shape index (κ1) is 26.8. The summed E-state index contributed by atoms with van der Waals surface area (Å²) < 4.78 is 5.06. The molecule has 3 fully saturated rings. The van der Waals surface area contributed by atoms with Crippen molar-refractivity contribution in [3.05, 3.63) is 59.2 Å². The number of piperidine rings is 1. The van der Waals surface area contributed by atoms with Gasteiger partial charge in [0.15, 0.2) is 0 Å². The van der Waals surface area contributed by atoms with Crippen LogP contribution < -0.4 is 0 Å². The molecule has 8 heteroatoms. The summed E-state index contributed by atoms with van der Waals surface area (Å²) in [5, 5.41) is 0. The van der Waals surface area contributed by atoms with E-state index in [-0.39, 0.29) is 18.4 Å². The SMILES string of the molecule is COCC(=O)N1CCC(C(CCN2CC3CN(C(=O)c4c(C)ncnc4C)CC3C2)c2ccccc2)CC1. The maximum atomic E-state index is 13.3. The van der Waals surface area contributed by atoms with Crippen molar-refractivity contribution in [2.75, 3.05) is 59.5 Å². The Labute approximate surface area is 226 Å². The maximum Gasteiger partial charge on any atom is 0.257 e. The molecule has 0 radical (unpaired) electrons. The minimum Gasteiger partial charge on any atom is -0.375 e. The molecular formula is C30H41N5O3. The highest BCUT2D eigenvalue weighted by molar-refractivity contribution is 5.96. The summed E-state index contributed by atoms with van der Waals surface area (Å²) in [6.07, 6.45) is 4.74. The van der Waals surface area contributed by atoms with Crippen molar-refractivity contribution in [3.63, 3.8) is 0 Å². The van der Waals surface area contributed by atoms with Crippen LogP contribution in [0.2, 0.25) is 0 Å². The van der Waals surface area contributed by atoms with Gasteiger partial charge in [-0.15, -0.1) is 0 Å². The van der Waals surface area contributed by atoms with Crippen LogP contribution in [0, 0.1) is 31.6 Å². The second-order valence-electron chi connectivity index (χ2n) is 11.4. The van der Waals surface area contributed by atoms with E-state index in [2.05, 4.69) is 45.2 Å². The number of hydrogen-bond donors (Lipinski definition) is 0. The molecule has 3 unspecified atom stereocenters. The first-order valence-corrected chi connectivity index (χ1v) is 14.1. The van der Waals surface area contributed by atoms with Gasteiger partial charge in [0.2, 0.25) is 5.91 Å². The van der Waals surface area contributed by atoms with E-state index in [1.54, 1.807) is 7.11 Å². The quantitative estimate of drug-likeness (QED) is 0.533. The van der Waals surface area contributed by atoms with Crippen LogP contribution in [0.4, 0.5) is 0 Å². The minimum absolute atomic E-state index is 0.0843. The summed E-state index contributed by atoms with van der Waals surface area (Å²) in [6, 6.07) is 10.9. The molecule has 1 aromatic heterocycles. The second-order valence-corrected chi connectivity index (χ2v) is 11.4. The Morgan fingerprint density at radius 1 is 0.947 bits per heavy atom. The Balaban J connectivity index is 1.16. The van der Waals surface area contributed by atoms with Crippen molar-refractivity contribution in [1.29, 1.82) is 0 Å². The summed E-state index contributed by atoms with van der Waals surface area (Å²) in [7, 11) is 1.58. The molecule has 3 aliphatic heterocycles. The van der Waals surface area contributed by atoms with Gasteiger partial charge in [-0.1, -0.05) is 30.3 Å². The van der Waals surface area contributed by atoms with E-state index in [0.717, 1.165) is 76.5 Å². The number of carbonyl (C=O) groups excluding carboxylic acids is 2. The number of amides is 2. The van der Waals surface area contributed by atoms with Crippen molar-refractivity contribution >= 4 is 11.8 Å². The maximum absolute atomic E-state index is 13.3. The van der Waals surface area contributed by atoms with Gasteiger partial charge in [0, 0.05) is 46.4 Å². The van der Waals surface area contributed by atoms with Crippen molar-refractivity contribution in [2.24, 2.45) is 17.8 Å². The molecule has 1 aromatic carbocycles. The summed E-state index contributed by atoms with van der Waals surface area (Å²) in [5.41, 5.74) is 3.62. The monoisotopic (exact) mass is 519 g/mol. The number of nitrogens with zero attached hydrogens (tertiary/aromatic N) is 5. The number of fused-ring (bicyclic) bond motifs is 1. The fourth-order valence-corrected chi connectivity index (χ4v) is 6.96. The number of aryl methyl sites for hydroxylation is 2. The van der Waals surface area contributed by atoms with Crippen LogP contribution >= 0.6 is 0 Å². The Bertz CT molecular complexity index is 1080. The molecule has 0 spiro atoms. The van der Waals surface area contributed by atoms with Crippen LogP contribution in [0.5, 0.6) is 0 Å². The molecule has 2 amide bonds. The zero-order chi connectivity index (χ0) is 26.6. The van der Waals surface area contributed by atoms with Gasteiger partial charge >= 0.3 is 0 Å². The fourth-order valence-electron chi connectivity index (χ4n) is 6.96. The smallest absolute Gasteiger partial charge is 0.257 e. The van der Waals surface area contributed by atoms with E-state index < -0.39 is 0 Å². The third-order valence-corrected chi connectivity index (χ3v) is 9.00. The van der Waals surface area contributed by atoms with Gasteiger partial charge in [-0.25, -0.2) is 9.97 Å². The third kappa shape index (κ3) is 5.76. The predicted octanol–water partition coefficient (Wildman–Crippen LogP) is 3.16. The largest absolute Gasteiger partial charge is 0.375 e. The van der Waals surface area contributed by atoms with Crippen LogP contribution in [0.3, 0.4) is 0 Å². The van der Waals surface area contributed by atoms with Crippen LogP contribution in [0.1, 0.15) is 52.5 Å². The van der Waals surface area contributed by atoms with Gasteiger partial charge in [-0.05, 0) is 68.9 Å². The van der Waals surface area contributed by atoms with Gasteiger partial charge in [0.1, 0.15) is 12.9 Å². The molecule has 3 aliphatic rings. The number of benzene rings is 1. The summed E-state index contributed by atoms with van der Waals surface area (Å²) in [4.78, 5) is 40.6. The Kier molecular flexibility index (Phi) is 8.39. The molecular weight excluding hydrogens is 478 g/mol. The van der Waals surface area contributed by atoms with Crippen molar-refractivity contribution in [2.45, 2.75) is 39.0 Å². The Morgan fingerprint density at radius 2 is 1.58 bits per heavy atom.